The average molecular weight is 391 g/mol. The van der Waals surface area contributed by atoms with Crippen molar-refractivity contribution in [3.05, 3.63) is 75.3 Å². The van der Waals surface area contributed by atoms with Crippen LogP contribution in [0, 0.1) is 10.1 Å². The van der Waals surface area contributed by atoms with Crippen molar-refractivity contribution in [3.8, 4) is 5.75 Å². The number of nitro benzene ring substituents is 1. The van der Waals surface area contributed by atoms with E-state index >= 15 is 0 Å². The van der Waals surface area contributed by atoms with Crippen LogP contribution in [-0.2, 0) is 9.59 Å². The van der Waals surface area contributed by atoms with Gasteiger partial charge >= 0.3 is 0 Å². The zero-order chi connectivity index (χ0) is 18.8. The molecule has 2 N–H and O–H groups in total. The van der Waals surface area contributed by atoms with Gasteiger partial charge in [0.25, 0.3) is 17.4 Å². The van der Waals surface area contributed by atoms with E-state index in [-0.39, 0.29) is 29.4 Å². The van der Waals surface area contributed by atoms with Crippen LogP contribution >= 0.6 is 12.4 Å². The fourth-order valence-corrected chi connectivity index (χ4v) is 2.74. The number of hydrogen-bond donors (Lipinski definition) is 2. The summed E-state index contributed by atoms with van der Waals surface area (Å²) in [7, 11) is 1.49. The second kappa shape index (κ2) is 7.88. The number of rotatable bonds is 4. The number of hydrogen-bond acceptors (Lipinski definition) is 6. The van der Waals surface area contributed by atoms with Gasteiger partial charge in [-0.05, 0) is 29.8 Å². The first-order valence-corrected chi connectivity index (χ1v) is 7.59. The molecule has 1 amide bonds. The lowest BCUT2D eigenvalue weighted by atomic mass is 9.95. The van der Waals surface area contributed by atoms with Gasteiger partial charge in [0.15, 0.2) is 0 Å². The molecule has 0 aromatic heterocycles. The Hall–Kier alpha value is -3.39. The van der Waals surface area contributed by atoms with Crippen molar-refractivity contribution in [2.75, 3.05) is 7.11 Å². The number of aliphatic hydroxyl groups is 1. The Balaban J connectivity index is 0.00000261. The molecule has 1 saturated heterocycles. The smallest absolute Gasteiger partial charge is 0.293 e. The molecule has 0 spiro atoms. The number of benzene rings is 2. The number of halogens is 1. The summed E-state index contributed by atoms with van der Waals surface area (Å²) in [5, 5.41) is 24.0. The van der Waals surface area contributed by atoms with Gasteiger partial charge in [0.2, 0.25) is 0 Å². The summed E-state index contributed by atoms with van der Waals surface area (Å²) in [4.78, 5) is 34.5. The van der Waals surface area contributed by atoms with Crippen LogP contribution in [0.4, 0.5) is 5.69 Å². The molecule has 1 unspecified atom stereocenters. The van der Waals surface area contributed by atoms with E-state index in [0.29, 0.717) is 16.9 Å². The maximum absolute atomic E-state index is 12.3. The molecule has 0 aliphatic carbocycles. The number of Topliss-reactive ketones (excluding diaryl/α,β-unsaturated/α-hetero) is 1. The molecule has 0 bridgehead atoms. The Morgan fingerprint density at radius 1 is 1.19 bits per heavy atom. The van der Waals surface area contributed by atoms with Crippen molar-refractivity contribution in [1.29, 1.82) is 0 Å². The number of ketones is 1. The van der Waals surface area contributed by atoms with Gasteiger partial charge in [-0.1, -0.05) is 12.1 Å². The predicted molar refractivity (Wildman–Crippen MR) is 98.8 cm³/mol. The number of nitrogens with zero attached hydrogens (tertiary/aromatic N) is 1. The summed E-state index contributed by atoms with van der Waals surface area (Å²) in [6.07, 6.45) is 0. The topological polar surface area (TPSA) is 119 Å². The number of nitrogens with one attached hydrogen (secondary N) is 1. The van der Waals surface area contributed by atoms with Crippen LogP contribution in [0.5, 0.6) is 5.75 Å². The summed E-state index contributed by atoms with van der Waals surface area (Å²) in [6, 6.07) is 10.9. The first-order valence-electron chi connectivity index (χ1n) is 7.59. The van der Waals surface area contributed by atoms with Crippen LogP contribution in [0.3, 0.4) is 0 Å². The molecule has 2 aromatic rings. The summed E-state index contributed by atoms with van der Waals surface area (Å²) in [5.74, 6) is -1.56. The Bertz CT molecular complexity index is 939. The highest BCUT2D eigenvalue weighted by atomic mass is 35.5. The quantitative estimate of drug-likeness (QED) is 0.272. The molecule has 9 heteroatoms. The highest BCUT2D eigenvalue weighted by Gasteiger charge is 2.39. The maximum Gasteiger partial charge on any atom is 0.293 e. The van der Waals surface area contributed by atoms with E-state index in [1.54, 1.807) is 24.3 Å². The summed E-state index contributed by atoms with van der Waals surface area (Å²) in [6.45, 7) is 0. The number of ether oxygens (including phenoxy) is 1. The molecular weight excluding hydrogens is 376 g/mol. The zero-order valence-electron chi connectivity index (χ0n) is 14.0. The van der Waals surface area contributed by atoms with E-state index in [1.165, 1.54) is 31.4 Å². The van der Waals surface area contributed by atoms with E-state index in [1.807, 2.05) is 0 Å². The largest absolute Gasteiger partial charge is 0.507 e. The number of non-ortho nitro benzene ring substituents is 1. The van der Waals surface area contributed by atoms with Crippen molar-refractivity contribution in [2.24, 2.45) is 0 Å². The molecule has 1 atom stereocenters. The zero-order valence-corrected chi connectivity index (χ0v) is 14.9. The summed E-state index contributed by atoms with van der Waals surface area (Å²) < 4.78 is 5.04. The number of carbonyl (C=O) groups is 2. The normalized spacial score (nSPS) is 17.7. The molecule has 1 aliphatic rings. The van der Waals surface area contributed by atoms with E-state index in [9.17, 15) is 24.8 Å². The van der Waals surface area contributed by atoms with Crippen molar-refractivity contribution in [2.45, 2.75) is 6.04 Å². The molecule has 2 aromatic carbocycles. The van der Waals surface area contributed by atoms with Gasteiger partial charge in [0.05, 0.1) is 23.6 Å². The minimum Gasteiger partial charge on any atom is -0.507 e. The molecule has 8 nitrogen and oxygen atoms in total. The molecule has 0 saturated carbocycles. The lowest BCUT2D eigenvalue weighted by Crippen LogP contribution is -2.21. The second-order valence-electron chi connectivity index (χ2n) is 5.58. The van der Waals surface area contributed by atoms with Gasteiger partial charge in [-0.15, -0.1) is 12.4 Å². The van der Waals surface area contributed by atoms with E-state index in [4.69, 9.17) is 4.74 Å². The highest BCUT2D eigenvalue weighted by Crippen LogP contribution is 2.34. The third-order valence-electron chi connectivity index (χ3n) is 4.05. The number of nitro groups is 1. The average Bonchev–Trinajstić information content (AvgIpc) is 2.96. The van der Waals surface area contributed by atoms with Gasteiger partial charge < -0.3 is 15.2 Å². The molecule has 1 aliphatic heterocycles. The van der Waals surface area contributed by atoms with E-state index in [0.717, 1.165) is 0 Å². The van der Waals surface area contributed by atoms with Crippen LogP contribution in [0.15, 0.2) is 54.1 Å². The van der Waals surface area contributed by atoms with Crippen molar-refractivity contribution < 1.29 is 24.4 Å². The van der Waals surface area contributed by atoms with Crippen molar-refractivity contribution in [1.82, 2.24) is 5.32 Å². The van der Waals surface area contributed by atoms with Crippen LogP contribution in [0.2, 0.25) is 0 Å². The Morgan fingerprint density at radius 2 is 1.85 bits per heavy atom. The number of aliphatic hydroxyl groups excluding tert-OH is 1. The predicted octanol–water partition coefficient (Wildman–Crippen LogP) is 2.73. The van der Waals surface area contributed by atoms with Gasteiger partial charge in [0, 0.05) is 17.7 Å². The Labute approximate surface area is 160 Å². The van der Waals surface area contributed by atoms with E-state index in [2.05, 4.69) is 5.32 Å². The first kappa shape index (κ1) is 19.9. The molecule has 27 heavy (non-hydrogen) atoms. The minimum atomic E-state index is -0.975. The highest BCUT2D eigenvalue weighted by molar-refractivity contribution is 6.46. The first-order chi connectivity index (χ1) is 12.4. The molecule has 3 rings (SSSR count). The van der Waals surface area contributed by atoms with Gasteiger partial charge in [-0.2, -0.15) is 0 Å². The SMILES string of the molecule is COc1ccc(/C(O)=C2\C(=O)C(=O)NC2c2cccc([N+](=O)[O-])c2)cc1.Cl. The fourth-order valence-electron chi connectivity index (χ4n) is 2.74. The summed E-state index contributed by atoms with van der Waals surface area (Å²) in [5.41, 5.74) is 0.314. The standard InChI is InChI=1S/C18H14N2O6.ClH/c1-26-13-7-5-10(6-8-13)16(21)14-15(19-18(23)17(14)22)11-3-2-4-12(9-11)20(24)25;/h2-9,15,21H,1H3,(H,19,23);1H/b16-14+;. The fraction of sp³-hybridized carbons (Fsp3) is 0.111. The molecule has 140 valence electrons. The second-order valence-corrected chi connectivity index (χ2v) is 5.58. The van der Waals surface area contributed by atoms with Gasteiger partial charge in [-0.25, -0.2) is 0 Å². The van der Waals surface area contributed by atoms with E-state index < -0.39 is 22.7 Å². The molecule has 1 heterocycles. The van der Waals surface area contributed by atoms with Crippen molar-refractivity contribution in [3.63, 3.8) is 0 Å². The van der Waals surface area contributed by atoms with Gasteiger partial charge in [-0.3, -0.25) is 19.7 Å². The lowest BCUT2D eigenvalue weighted by molar-refractivity contribution is -0.384. The molecule has 1 fully saturated rings. The maximum atomic E-state index is 12.3. The monoisotopic (exact) mass is 390 g/mol. The molecule has 0 radical (unpaired) electrons. The van der Waals surface area contributed by atoms with Crippen LogP contribution in [0.1, 0.15) is 17.2 Å². The third-order valence-corrected chi connectivity index (χ3v) is 4.05. The molecular formula is C18H15ClN2O6. The minimum absolute atomic E-state index is 0. The Kier molecular flexibility index (Phi) is 5.81. The van der Waals surface area contributed by atoms with Crippen LogP contribution in [0.25, 0.3) is 5.76 Å². The van der Waals surface area contributed by atoms with Crippen LogP contribution in [-0.4, -0.2) is 28.8 Å². The Morgan fingerprint density at radius 3 is 2.44 bits per heavy atom. The van der Waals surface area contributed by atoms with Crippen molar-refractivity contribution >= 4 is 35.5 Å². The number of amides is 1. The lowest BCUT2D eigenvalue weighted by Gasteiger charge is -2.13. The summed E-state index contributed by atoms with van der Waals surface area (Å²) >= 11 is 0. The third kappa shape index (κ3) is 3.75. The number of carbonyl (C=O) groups excluding carboxylic acids is 2. The number of methoxy groups -OCH3 is 1. The van der Waals surface area contributed by atoms with Gasteiger partial charge in [0.1, 0.15) is 11.5 Å². The van der Waals surface area contributed by atoms with Crippen LogP contribution < -0.4 is 10.1 Å².